The number of nitrogens with zero attached hydrogens (tertiary/aromatic N) is 3. The fraction of sp³-hybridized carbons (Fsp3) is 0.125. The van der Waals surface area contributed by atoms with Crippen LogP contribution in [0.4, 0.5) is 17.1 Å². The zero-order valence-corrected chi connectivity index (χ0v) is 12.7. The zero-order chi connectivity index (χ0) is 17.5. The number of para-hydroxylation sites is 1. The van der Waals surface area contributed by atoms with Crippen molar-refractivity contribution in [2.45, 2.75) is 13.0 Å². The largest absolute Gasteiger partial charge is 0.324 e. The summed E-state index contributed by atoms with van der Waals surface area (Å²) in [6.07, 6.45) is 0. The van der Waals surface area contributed by atoms with Crippen LogP contribution in [0.2, 0.25) is 0 Å². The van der Waals surface area contributed by atoms with Crippen molar-refractivity contribution in [2.75, 3.05) is 5.32 Å². The topological polar surface area (TPSA) is 114 Å². The molecule has 1 amide bonds. The first-order valence-electron chi connectivity index (χ1n) is 6.99. The highest BCUT2D eigenvalue weighted by molar-refractivity contribution is 6.10. The Labute approximate surface area is 137 Å². The van der Waals surface area contributed by atoms with E-state index in [0.717, 1.165) is 0 Å². The van der Waals surface area contributed by atoms with Crippen LogP contribution in [0.15, 0.2) is 64.8 Å². The van der Waals surface area contributed by atoms with Crippen LogP contribution in [0.1, 0.15) is 6.92 Å². The number of carbonyl (C=O) groups is 2. The molecule has 2 rings (SSSR count). The first kappa shape index (κ1) is 16.9. The van der Waals surface area contributed by atoms with Crippen LogP contribution < -0.4 is 5.32 Å². The normalized spacial score (nSPS) is 11.9. The maximum Gasteiger partial charge on any atom is 0.269 e. The summed E-state index contributed by atoms with van der Waals surface area (Å²) >= 11 is 0. The Balaban J connectivity index is 2.11. The second-order valence-electron chi connectivity index (χ2n) is 4.86. The molecule has 24 heavy (non-hydrogen) atoms. The molecule has 0 aliphatic heterocycles. The number of nitro benzene ring substituents is 1. The molecule has 0 saturated heterocycles. The summed E-state index contributed by atoms with van der Waals surface area (Å²) in [6, 6.07) is 12.7. The number of amides is 1. The minimum atomic E-state index is -1.29. The van der Waals surface area contributed by atoms with Crippen molar-refractivity contribution in [1.29, 1.82) is 0 Å². The van der Waals surface area contributed by atoms with Gasteiger partial charge in [0.1, 0.15) is 0 Å². The molecule has 0 aliphatic rings. The van der Waals surface area contributed by atoms with Gasteiger partial charge in [-0.25, -0.2) is 0 Å². The van der Waals surface area contributed by atoms with Crippen LogP contribution in [0.25, 0.3) is 0 Å². The van der Waals surface area contributed by atoms with E-state index in [-0.39, 0.29) is 5.69 Å². The Hall–Kier alpha value is -3.42. The van der Waals surface area contributed by atoms with Crippen LogP contribution in [0.3, 0.4) is 0 Å². The van der Waals surface area contributed by atoms with E-state index < -0.39 is 22.7 Å². The first-order valence-corrected chi connectivity index (χ1v) is 6.99. The summed E-state index contributed by atoms with van der Waals surface area (Å²) in [5.41, 5.74) is 0.762. The van der Waals surface area contributed by atoms with Gasteiger partial charge in [-0.2, -0.15) is 10.2 Å². The lowest BCUT2D eigenvalue weighted by molar-refractivity contribution is -0.384. The van der Waals surface area contributed by atoms with Crippen LogP contribution in [-0.2, 0) is 9.59 Å². The van der Waals surface area contributed by atoms with Gasteiger partial charge in [-0.1, -0.05) is 18.2 Å². The van der Waals surface area contributed by atoms with E-state index in [1.807, 2.05) is 0 Å². The predicted molar refractivity (Wildman–Crippen MR) is 87.2 cm³/mol. The molecular formula is C16H14N4O4. The number of ketones is 1. The van der Waals surface area contributed by atoms with Gasteiger partial charge in [-0.05, 0) is 31.2 Å². The molecule has 1 atom stereocenters. The number of benzene rings is 2. The summed E-state index contributed by atoms with van der Waals surface area (Å²) in [6.45, 7) is 1.24. The van der Waals surface area contributed by atoms with Crippen LogP contribution in [-0.4, -0.2) is 22.7 Å². The first-order chi connectivity index (χ1) is 11.5. The fourth-order valence-corrected chi connectivity index (χ4v) is 1.82. The lowest BCUT2D eigenvalue weighted by Gasteiger charge is -2.09. The number of nitro groups is 1. The number of rotatable bonds is 6. The van der Waals surface area contributed by atoms with Gasteiger partial charge < -0.3 is 5.32 Å². The van der Waals surface area contributed by atoms with Gasteiger partial charge in [-0.3, -0.25) is 19.7 Å². The van der Waals surface area contributed by atoms with E-state index in [0.29, 0.717) is 11.4 Å². The van der Waals surface area contributed by atoms with E-state index in [1.54, 1.807) is 30.3 Å². The molecule has 0 saturated carbocycles. The molecule has 0 heterocycles. The fourth-order valence-electron chi connectivity index (χ4n) is 1.82. The van der Waals surface area contributed by atoms with Crippen LogP contribution in [0, 0.1) is 10.1 Å². The highest BCUT2D eigenvalue weighted by atomic mass is 16.6. The molecule has 2 aromatic rings. The molecule has 0 bridgehead atoms. The second kappa shape index (κ2) is 7.73. The van der Waals surface area contributed by atoms with Gasteiger partial charge in [0.15, 0.2) is 5.78 Å². The quantitative estimate of drug-likeness (QED) is 0.379. The van der Waals surface area contributed by atoms with Gasteiger partial charge in [0.05, 0.1) is 10.6 Å². The minimum Gasteiger partial charge on any atom is -0.324 e. The van der Waals surface area contributed by atoms with Gasteiger partial charge in [0.25, 0.3) is 11.6 Å². The summed E-state index contributed by atoms with van der Waals surface area (Å²) in [4.78, 5) is 33.8. The maximum absolute atomic E-state index is 12.1. The zero-order valence-electron chi connectivity index (χ0n) is 12.7. The third kappa shape index (κ3) is 4.54. The number of hydrogen-bond donors (Lipinski definition) is 1. The number of non-ortho nitro benzene ring substituents is 1. The Bertz CT molecular complexity index is 772. The standard InChI is InChI=1S/C16H14N4O4/c1-11(21)15(16(22)17-12-5-3-2-4-6-12)19-18-13-7-9-14(10-8-13)20(23)24/h2-10,15H,1H3,(H,17,22)/b19-18+. The van der Waals surface area contributed by atoms with E-state index in [2.05, 4.69) is 15.5 Å². The van der Waals surface area contributed by atoms with Gasteiger partial charge >= 0.3 is 0 Å². The predicted octanol–water partition coefficient (Wildman–Crippen LogP) is 3.27. The number of hydrogen-bond acceptors (Lipinski definition) is 6. The molecule has 0 aliphatic carbocycles. The Morgan fingerprint density at radius 2 is 1.71 bits per heavy atom. The number of azo groups is 1. The minimum absolute atomic E-state index is 0.0844. The smallest absolute Gasteiger partial charge is 0.269 e. The molecule has 1 unspecified atom stereocenters. The Morgan fingerprint density at radius 1 is 1.08 bits per heavy atom. The van der Waals surface area contributed by atoms with E-state index in [4.69, 9.17) is 0 Å². The molecule has 1 N–H and O–H groups in total. The third-order valence-electron chi connectivity index (χ3n) is 3.02. The van der Waals surface area contributed by atoms with Gasteiger partial charge in [0, 0.05) is 17.8 Å². The average Bonchev–Trinajstić information content (AvgIpc) is 2.56. The molecule has 8 nitrogen and oxygen atoms in total. The molecule has 2 aromatic carbocycles. The van der Waals surface area contributed by atoms with E-state index in [9.17, 15) is 19.7 Å². The van der Waals surface area contributed by atoms with Crippen molar-refractivity contribution in [2.24, 2.45) is 10.2 Å². The second-order valence-corrected chi connectivity index (χ2v) is 4.86. The number of anilines is 1. The van der Waals surface area contributed by atoms with Crippen molar-refractivity contribution in [3.8, 4) is 0 Å². The maximum atomic E-state index is 12.1. The van der Waals surface area contributed by atoms with Crippen molar-refractivity contribution in [3.05, 3.63) is 64.7 Å². The average molecular weight is 326 g/mol. The van der Waals surface area contributed by atoms with E-state index >= 15 is 0 Å². The van der Waals surface area contributed by atoms with Crippen LogP contribution >= 0.6 is 0 Å². The van der Waals surface area contributed by atoms with E-state index in [1.165, 1.54) is 31.2 Å². The summed E-state index contributed by atoms with van der Waals surface area (Å²) in [5.74, 6) is -1.06. The van der Waals surface area contributed by atoms with Crippen molar-refractivity contribution < 1.29 is 14.5 Å². The van der Waals surface area contributed by atoms with Crippen LogP contribution in [0.5, 0.6) is 0 Å². The number of carbonyl (C=O) groups excluding carboxylic acids is 2. The molecule has 0 aromatic heterocycles. The van der Waals surface area contributed by atoms with Gasteiger partial charge in [0.2, 0.25) is 6.04 Å². The summed E-state index contributed by atoms with van der Waals surface area (Å²) < 4.78 is 0. The van der Waals surface area contributed by atoms with Crippen molar-refractivity contribution in [3.63, 3.8) is 0 Å². The molecule has 0 spiro atoms. The lowest BCUT2D eigenvalue weighted by Crippen LogP contribution is -2.31. The van der Waals surface area contributed by atoms with Crippen molar-refractivity contribution >= 4 is 28.8 Å². The molecule has 8 heteroatoms. The highest BCUT2D eigenvalue weighted by Gasteiger charge is 2.23. The summed E-state index contributed by atoms with van der Waals surface area (Å²) in [5, 5.41) is 20.7. The lowest BCUT2D eigenvalue weighted by atomic mass is 10.2. The third-order valence-corrected chi connectivity index (χ3v) is 3.02. The SMILES string of the molecule is CC(=O)C(/N=N/c1ccc([N+](=O)[O-])cc1)C(=O)Nc1ccccc1. The monoisotopic (exact) mass is 326 g/mol. The Morgan fingerprint density at radius 3 is 2.25 bits per heavy atom. The molecule has 122 valence electrons. The molecule has 0 fully saturated rings. The number of Topliss-reactive ketones (excluding diaryl/α,β-unsaturated/α-hetero) is 1. The number of nitrogens with one attached hydrogen (secondary N) is 1. The van der Waals surface area contributed by atoms with Gasteiger partial charge in [-0.15, -0.1) is 0 Å². The highest BCUT2D eigenvalue weighted by Crippen LogP contribution is 2.19. The molecular weight excluding hydrogens is 312 g/mol. The molecule has 0 radical (unpaired) electrons. The summed E-state index contributed by atoms with van der Waals surface area (Å²) in [7, 11) is 0. The Kier molecular flexibility index (Phi) is 5.45. The van der Waals surface area contributed by atoms with Crippen molar-refractivity contribution in [1.82, 2.24) is 0 Å².